The number of H-pyrrole nitrogens is 1. The van der Waals surface area contributed by atoms with Crippen molar-refractivity contribution in [3.63, 3.8) is 0 Å². The maximum Gasteiger partial charge on any atom is 0.451 e. The van der Waals surface area contributed by atoms with Crippen LogP contribution in [0.1, 0.15) is 29.2 Å². The highest BCUT2D eigenvalue weighted by Gasteiger charge is 2.50. The maximum atomic E-state index is 13.0. The van der Waals surface area contributed by atoms with Gasteiger partial charge in [0, 0.05) is 68.9 Å². The quantitative estimate of drug-likeness (QED) is 0.373. The Balaban J connectivity index is 1.16. The minimum atomic E-state index is -4.75. The van der Waals surface area contributed by atoms with Crippen molar-refractivity contribution >= 4 is 16.9 Å². The molecule has 0 aromatic carbocycles. The van der Waals surface area contributed by atoms with Gasteiger partial charge in [-0.3, -0.25) is 14.4 Å². The first-order valence-electron chi connectivity index (χ1n) is 12.9. The Morgan fingerprint density at radius 1 is 1.27 bits per heavy atom. The number of hydrogen-bond donors (Lipinski definition) is 1. The van der Waals surface area contributed by atoms with E-state index in [1.54, 1.807) is 19.5 Å². The summed E-state index contributed by atoms with van der Waals surface area (Å²) in [6, 6.07) is 5.32. The molecule has 2 fully saturated rings. The number of aromatic amines is 1. The summed E-state index contributed by atoms with van der Waals surface area (Å²) in [5.41, 5.74) is 1.42. The molecule has 0 aliphatic carbocycles. The molecule has 212 valence electrons. The van der Waals surface area contributed by atoms with Gasteiger partial charge in [0.25, 0.3) is 5.91 Å². The highest BCUT2D eigenvalue weighted by atomic mass is 19.4. The Morgan fingerprint density at radius 2 is 2.10 bits per heavy atom. The number of nitrogens with zero attached hydrogens (tertiary/aromatic N) is 9. The summed E-state index contributed by atoms with van der Waals surface area (Å²) in [4.78, 5) is 35.1. The SMILES string of the molecule is COC1CN(C(=O)c2ccnc(C(F)(F)F)n2)CCC1N1CC(CC#N)(n2cc(-c3ncnc4[nH]ccc34)cn2)C1. The standard InChI is InChI=1S/C26H25F3N10O2/c1-41-20-12-37(23(40)18-3-8-32-24(36-18)26(27,28)29)9-4-19(20)38-13-25(14-38,5-6-30)39-11-16(10-35-39)21-17-2-7-31-22(17)34-15-33-21/h2-3,7-8,10-11,15,19-20H,4-5,9,12-14H2,1H3,(H,31,33,34). The number of nitriles is 1. The molecule has 1 N–H and O–H groups in total. The molecule has 6 heterocycles. The zero-order valence-electron chi connectivity index (χ0n) is 21.9. The normalized spacial score (nSPS) is 21.0. The first-order chi connectivity index (χ1) is 19.7. The predicted molar refractivity (Wildman–Crippen MR) is 137 cm³/mol. The number of rotatable bonds is 6. The van der Waals surface area contributed by atoms with Crippen molar-refractivity contribution in [3.05, 3.63) is 54.8 Å². The van der Waals surface area contributed by atoms with Crippen LogP contribution < -0.4 is 0 Å². The minimum absolute atomic E-state index is 0.0524. The van der Waals surface area contributed by atoms with Gasteiger partial charge in [-0.05, 0) is 18.6 Å². The van der Waals surface area contributed by atoms with E-state index in [0.717, 1.165) is 28.5 Å². The van der Waals surface area contributed by atoms with Crippen LogP contribution >= 0.6 is 0 Å². The maximum absolute atomic E-state index is 13.0. The molecular formula is C26H25F3N10O2. The van der Waals surface area contributed by atoms with E-state index in [0.29, 0.717) is 26.1 Å². The highest BCUT2D eigenvalue weighted by Crippen LogP contribution is 2.38. The van der Waals surface area contributed by atoms with E-state index in [1.165, 1.54) is 17.3 Å². The van der Waals surface area contributed by atoms with Crippen molar-refractivity contribution in [2.24, 2.45) is 0 Å². The molecule has 0 saturated carbocycles. The number of likely N-dealkylation sites (tertiary alicyclic amines) is 2. The molecule has 2 saturated heterocycles. The fourth-order valence-corrected chi connectivity index (χ4v) is 5.75. The number of methoxy groups -OCH3 is 1. The molecule has 1 amide bonds. The van der Waals surface area contributed by atoms with Gasteiger partial charge in [-0.15, -0.1) is 0 Å². The lowest BCUT2D eigenvalue weighted by Crippen LogP contribution is -2.69. The summed E-state index contributed by atoms with van der Waals surface area (Å²) in [6.45, 7) is 1.61. The number of alkyl halides is 3. The molecule has 12 nitrogen and oxygen atoms in total. The molecular weight excluding hydrogens is 541 g/mol. The van der Waals surface area contributed by atoms with E-state index in [4.69, 9.17) is 4.74 Å². The second kappa shape index (κ2) is 10.2. The van der Waals surface area contributed by atoms with Gasteiger partial charge in [-0.1, -0.05) is 0 Å². The number of carbonyl (C=O) groups is 1. The van der Waals surface area contributed by atoms with Crippen molar-refractivity contribution in [2.75, 3.05) is 33.3 Å². The Hall–Kier alpha value is -4.42. The van der Waals surface area contributed by atoms with Crippen molar-refractivity contribution < 1.29 is 22.7 Å². The number of amides is 1. The Labute approximate surface area is 231 Å². The number of ether oxygens (including phenoxy) is 1. The molecule has 41 heavy (non-hydrogen) atoms. The first-order valence-corrected chi connectivity index (χ1v) is 12.9. The molecule has 4 aromatic rings. The van der Waals surface area contributed by atoms with Crippen LogP contribution in [0.3, 0.4) is 0 Å². The summed E-state index contributed by atoms with van der Waals surface area (Å²) < 4.78 is 46.7. The minimum Gasteiger partial charge on any atom is -0.378 e. The van der Waals surface area contributed by atoms with Crippen molar-refractivity contribution in [1.82, 2.24) is 44.5 Å². The third-order valence-electron chi connectivity index (χ3n) is 7.81. The number of nitrogens with one attached hydrogen (secondary N) is 1. The molecule has 0 radical (unpaired) electrons. The number of carbonyl (C=O) groups excluding carboxylic acids is 1. The Morgan fingerprint density at radius 3 is 2.85 bits per heavy atom. The van der Waals surface area contributed by atoms with Gasteiger partial charge < -0.3 is 14.6 Å². The third kappa shape index (κ3) is 4.78. The molecule has 2 aliphatic heterocycles. The van der Waals surface area contributed by atoms with Crippen molar-refractivity contribution in [2.45, 2.75) is 36.7 Å². The van der Waals surface area contributed by atoms with Crippen LogP contribution in [0.4, 0.5) is 13.2 Å². The first kappa shape index (κ1) is 26.8. The van der Waals surface area contributed by atoms with Gasteiger partial charge in [-0.2, -0.15) is 23.5 Å². The summed E-state index contributed by atoms with van der Waals surface area (Å²) in [5, 5.41) is 15.1. The third-order valence-corrected chi connectivity index (χ3v) is 7.81. The molecule has 15 heteroatoms. The van der Waals surface area contributed by atoms with E-state index >= 15 is 0 Å². The summed E-state index contributed by atoms with van der Waals surface area (Å²) in [7, 11) is 1.55. The van der Waals surface area contributed by atoms with Crippen LogP contribution in [-0.4, -0.2) is 95.8 Å². The van der Waals surface area contributed by atoms with Crippen LogP contribution in [0.15, 0.2) is 43.2 Å². The van der Waals surface area contributed by atoms with Gasteiger partial charge >= 0.3 is 6.18 Å². The lowest BCUT2D eigenvalue weighted by molar-refractivity contribution is -0.145. The van der Waals surface area contributed by atoms with E-state index in [9.17, 15) is 23.2 Å². The van der Waals surface area contributed by atoms with Gasteiger partial charge in [0.1, 0.15) is 23.2 Å². The molecule has 0 spiro atoms. The molecule has 2 atom stereocenters. The summed E-state index contributed by atoms with van der Waals surface area (Å²) in [5.74, 6) is -1.96. The van der Waals surface area contributed by atoms with E-state index in [2.05, 4.69) is 41.0 Å². The molecule has 4 aromatic heterocycles. The molecule has 6 rings (SSSR count). The summed E-state index contributed by atoms with van der Waals surface area (Å²) in [6.07, 6.45) is 3.52. The van der Waals surface area contributed by atoms with E-state index < -0.39 is 23.4 Å². The van der Waals surface area contributed by atoms with Crippen LogP contribution in [0, 0.1) is 11.3 Å². The van der Waals surface area contributed by atoms with E-state index in [1.807, 2.05) is 16.9 Å². The summed E-state index contributed by atoms with van der Waals surface area (Å²) >= 11 is 0. The Bertz CT molecular complexity index is 1620. The zero-order chi connectivity index (χ0) is 28.8. The fourth-order valence-electron chi connectivity index (χ4n) is 5.75. The number of piperidine rings is 1. The lowest BCUT2D eigenvalue weighted by Gasteiger charge is -2.55. The van der Waals surface area contributed by atoms with Crippen LogP contribution in [0.25, 0.3) is 22.3 Å². The van der Waals surface area contributed by atoms with Gasteiger partial charge in [0.15, 0.2) is 0 Å². The van der Waals surface area contributed by atoms with Crippen LogP contribution in [-0.2, 0) is 16.5 Å². The fraction of sp³-hybridized carbons (Fsp3) is 0.423. The monoisotopic (exact) mass is 566 g/mol. The van der Waals surface area contributed by atoms with Crippen molar-refractivity contribution in [1.29, 1.82) is 5.26 Å². The highest BCUT2D eigenvalue weighted by molar-refractivity contribution is 5.92. The van der Waals surface area contributed by atoms with E-state index in [-0.39, 0.29) is 30.8 Å². The Kier molecular flexibility index (Phi) is 6.66. The lowest BCUT2D eigenvalue weighted by atomic mass is 9.83. The average molecular weight is 567 g/mol. The molecule has 2 aliphatic rings. The molecule has 2 unspecified atom stereocenters. The molecule has 0 bridgehead atoms. The predicted octanol–water partition coefficient (Wildman–Crippen LogP) is 2.48. The topological polar surface area (TPSA) is 142 Å². The largest absolute Gasteiger partial charge is 0.451 e. The number of aromatic nitrogens is 7. The van der Waals surface area contributed by atoms with Crippen LogP contribution in [0.5, 0.6) is 0 Å². The van der Waals surface area contributed by atoms with Crippen molar-refractivity contribution in [3.8, 4) is 17.3 Å². The van der Waals surface area contributed by atoms with Crippen LogP contribution in [0.2, 0.25) is 0 Å². The number of hydrogen-bond acceptors (Lipinski definition) is 9. The smallest absolute Gasteiger partial charge is 0.378 e. The van der Waals surface area contributed by atoms with Gasteiger partial charge in [0.05, 0.1) is 30.5 Å². The average Bonchev–Trinajstić information content (AvgIpc) is 3.64. The second-order valence-electron chi connectivity index (χ2n) is 10.2. The number of fused-ring (bicyclic) bond motifs is 1. The zero-order valence-corrected chi connectivity index (χ0v) is 21.9. The van der Waals surface area contributed by atoms with Gasteiger partial charge in [-0.25, -0.2) is 19.9 Å². The second-order valence-corrected chi connectivity index (χ2v) is 10.2. The number of halogens is 3. The van der Waals surface area contributed by atoms with Gasteiger partial charge in [0.2, 0.25) is 5.82 Å².